The summed E-state index contributed by atoms with van der Waals surface area (Å²) in [5.74, 6) is 1.62. The Kier molecular flexibility index (Phi) is 4.14. The second kappa shape index (κ2) is 5.69. The molecule has 4 fully saturated rings. The van der Waals surface area contributed by atoms with Gasteiger partial charge in [0, 0.05) is 6.54 Å². The maximum atomic E-state index is 14.2. The monoisotopic (exact) mass is 268 g/mol. The molecular weight excluding hydrogens is 239 g/mol. The summed E-state index contributed by atoms with van der Waals surface area (Å²) in [6.07, 6.45) is 9.14. The van der Waals surface area contributed by atoms with E-state index in [1.165, 1.54) is 32.1 Å². The van der Waals surface area contributed by atoms with Crippen molar-refractivity contribution in [2.24, 2.45) is 28.9 Å². The van der Waals surface area contributed by atoms with Gasteiger partial charge in [0.1, 0.15) is 6.17 Å². The number of hydrogen-bond donors (Lipinski definition) is 2. The van der Waals surface area contributed by atoms with E-state index in [0.29, 0.717) is 17.3 Å². The van der Waals surface area contributed by atoms with Crippen molar-refractivity contribution in [2.45, 2.75) is 57.5 Å². The Labute approximate surface area is 116 Å². The van der Waals surface area contributed by atoms with E-state index >= 15 is 0 Å². The van der Waals surface area contributed by atoms with Crippen molar-refractivity contribution >= 4 is 0 Å². The van der Waals surface area contributed by atoms with Crippen LogP contribution in [0.4, 0.5) is 4.39 Å². The molecule has 0 radical (unpaired) electrons. The van der Waals surface area contributed by atoms with E-state index in [1.807, 2.05) is 0 Å². The molecule has 4 saturated carbocycles. The van der Waals surface area contributed by atoms with Gasteiger partial charge in [-0.15, -0.1) is 0 Å². The van der Waals surface area contributed by atoms with E-state index in [-0.39, 0.29) is 0 Å². The van der Waals surface area contributed by atoms with Crippen molar-refractivity contribution in [1.29, 1.82) is 0 Å². The molecule has 4 rings (SSSR count). The molecule has 0 aromatic heterocycles. The molecule has 2 atom stereocenters. The fourth-order valence-corrected chi connectivity index (χ4v) is 5.27. The smallest absolute Gasteiger partial charge is 0.106 e. The first-order valence-electron chi connectivity index (χ1n) is 8.27. The normalized spacial score (nSPS) is 43.9. The maximum absolute atomic E-state index is 14.2. The van der Waals surface area contributed by atoms with Gasteiger partial charge in [0.25, 0.3) is 0 Å². The molecule has 4 aliphatic carbocycles. The average Bonchev–Trinajstić information content (AvgIpc) is 2.39. The summed E-state index contributed by atoms with van der Waals surface area (Å²) in [5, 5.41) is 3.65. The third kappa shape index (κ3) is 2.82. The average molecular weight is 268 g/mol. The molecule has 19 heavy (non-hydrogen) atoms. The van der Waals surface area contributed by atoms with Gasteiger partial charge in [-0.1, -0.05) is 6.42 Å². The third-order valence-electron chi connectivity index (χ3n) is 5.84. The van der Waals surface area contributed by atoms with Gasteiger partial charge in [0.15, 0.2) is 0 Å². The van der Waals surface area contributed by atoms with Gasteiger partial charge >= 0.3 is 0 Å². The predicted octanol–water partition coefficient (Wildman–Crippen LogP) is 2.87. The first-order chi connectivity index (χ1) is 9.22. The van der Waals surface area contributed by atoms with Crippen molar-refractivity contribution in [3.05, 3.63) is 0 Å². The lowest BCUT2D eigenvalue weighted by atomic mass is 9.49. The zero-order valence-electron chi connectivity index (χ0n) is 12.0. The van der Waals surface area contributed by atoms with Crippen LogP contribution in [0.25, 0.3) is 0 Å². The van der Waals surface area contributed by atoms with Gasteiger partial charge in [-0.2, -0.15) is 0 Å². The minimum Gasteiger partial charge on any atom is -0.330 e. The largest absolute Gasteiger partial charge is 0.330 e. The van der Waals surface area contributed by atoms with Gasteiger partial charge in [-0.05, 0) is 81.2 Å². The Balaban J connectivity index is 1.46. The van der Waals surface area contributed by atoms with Crippen LogP contribution in [0.2, 0.25) is 0 Å². The van der Waals surface area contributed by atoms with Crippen LogP contribution < -0.4 is 11.1 Å². The van der Waals surface area contributed by atoms with Gasteiger partial charge in [0.2, 0.25) is 0 Å². The van der Waals surface area contributed by atoms with Crippen LogP contribution in [-0.4, -0.2) is 25.8 Å². The Morgan fingerprint density at radius 2 is 1.79 bits per heavy atom. The number of hydrogen-bond acceptors (Lipinski definition) is 2. The summed E-state index contributed by atoms with van der Waals surface area (Å²) in [5.41, 5.74) is 5.95. The van der Waals surface area contributed by atoms with E-state index in [4.69, 9.17) is 5.73 Å². The summed E-state index contributed by atoms with van der Waals surface area (Å²) < 4.78 is 14.2. The van der Waals surface area contributed by atoms with Crippen molar-refractivity contribution in [3.8, 4) is 0 Å². The van der Waals surface area contributed by atoms with E-state index in [2.05, 4.69) is 5.32 Å². The number of halogens is 1. The number of nitrogens with two attached hydrogens (primary N) is 1. The summed E-state index contributed by atoms with van der Waals surface area (Å²) >= 11 is 0. The van der Waals surface area contributed by atoms with Crippen molar-refractivity contribution in [2.75, 3.05) is 19.6 Å². The molecule has 0 aromatic rings. The van der Waals surface area contributed by atoms with Crippen LogP contribution in [0.5, 0.6) is 0 Å². The van der Waals surface area contributed by atoms with E-state index in [9.17, 15) is 4.39 Å². The van der Waals surface area contributed by atoms with Crippen molar-refractivity contribution < 1.29 is 4.39 Å². The maximum Gasteiger partial charge on any atom is 0.106 e. The lowest BCUT2D eigenvalue weighted by Crippen LogP contribution is -2.55. The number of nitrogens with one attached hydrogen (secondary N) is 1. The second-order valence-corrected chi connectivity index (χ2v) is 7.44. The van der Waals surface area contributed by atoms with Crippen LogP contribution in [0.15, 0.2) is 0 Å². The fourth-order valence-electron chi connectivity index (χ4n) is 5.27. The molecule has 3 heteroatoms. The molecule has 4 aliphatic rings. The van der Waals surface area contributed by atoms with Gasteiger partial charge in [-0.3, -0.25) is 0 Å². The highest BCUT2D eigenvalue weighted by Crippen LogP contribution is 2.60. The summed E-state index contributed by atoms with van der Waals surface area (Å²) in [6, 6.07) is 0. The lowest BCUT2D eigenvalue weighted by molar-refractivity contribution is -0.103. The standard InChI is InChI=1S/C16H29FN2/c17-15-13-6-12-7-14(15)10-16(8-12,9-13)11-19-5-3-1-2-4-18/h12-15,19H,1-11,18H2. The molecule has 0 saturated heterocycles. The van der Waals surface area contributed by atoms with Crippen molar-refractivity contribution in [3.63, 3.8) is 0 Å². The Bertz CT molecular complexity index is 291. The molecule has 0 aliphatic heterocycles. The second-order valence-electron chi connectivity index (χ2n) is 7.44. The number of alkyl halides is 1. The third-order valence-corrected chi connectivity index (χ3v) is 5.84. The van der Waals surface area contributed by atoms with E-state index in [0.717, 1.165) is 44.8 Å². The van der Waals surface area contributed by atoms with E-state index in [1.54, 1.807) is 0 Å². The first-order valence-corrected chi connectivity index (χ1v) is 8.27. The van der Waals surface area contributed by atoms with Gasteiger partial charge in [0.05, 0.1) is 0 Å². The van der Waals surface area contributed by atoms with Crippen molar-refractivity contribution in [1.82, 2.24) is 5.32 Å². The quantitative estimate of drug-likeness (QED) is 0.697. The van der Waals surface area contributed by atoms with Gasteiger partial charge < -0.3 is 11.1 Å². The molecule has 2 nitrogen and oxygen atoms in total. The molecule has 2 unspecified atom stereocenters. The molecule has 3 N–H and O–H groups in total. The highest BCUT2D eigenvalue weighted by atomic mass is 19.1. The molecular formula is C16H29FN2. The summed E-state index contributed by atoms with van der Waals surface area (Å²) in [6.45, 7) is 3.06. The molecule has 0 amide bonds. The van der Waals surface area contributed by atoms with E-state index < -0.39 is 6.17 Å². The number of unbranched alkanes of at least 4 members (excludes halogenated alkanes) is 2. The fraction of sp³-hybridized carbons (Fsp3) is 1.00. The molecule has 0 aromatic carbocycles. The molecule has 4 bridgehead atoms. The van der Waals surface area contributed by atoms with Crippen LogP contribution >= 0.6 is 0 Å². The Morgan fingerprint density at radius 1 is 1.05 bits per heavy atom. The molecule has 110 valence electrons. The minimum atomic E-state index is -0.478. The Morgan fingerprint density at radius 3 is 2.47 bits per heavy atom. The SMILES string of the molecule is NCCCCCNCC12CC3CC(C1)C(F)C(C3)C2. The minimum absolute atomic E-state index is 0.394. The Hall–Kier alpha value is -0.150. The zero-order chi connectivity index (χ0) is 13.3. The highest BCUT2D eigenvalue weighted by Gasteiger charge is 2.55. The first kappa shape index (κ1) is 13.8. The topological polar surface area (TPSA) is 38.0 Å². The predicted molar refractivity (Wildman–Crippen MR) is 76.7 cm³/mol. The summed E-state index contributed by atoms with van der Waals surface area (Å²) in [4.78, 5) is 0. The number of rotatable bonds is 7. The van der Waals surface area contributed by atoms with Crippen LogP contribution in [0.1, 0.15) is 51.4 Å². The molecule has 0 spiro atoms. The van der Waals surface area contributed by atoms with Crippen LogP contribution in [-0.2, 0) is 0 Å². The zero-order valence-corrected chi connectivity index (χ0v) is 12.0. The lowest BCUT2D eigenvalue weighted by Gasteiger charge is -2.58. The summed E-state index contributed by atoms with van der Waals surface area (Å²) in [7, 11) is 0. The molecule has 0 heterocycles. The van der Waals surface area contributed by atoms with Crippen LogP contribution in [0.3, 0.4) is 0 Å². The van der Waals surface area contributed by atoms with Gasteiger partial charge in [-0.25, -0.2) is 4.39 Å². The van der Waals surface area contributed by atoms with Crippen LogP contribution in [0, 0.1) is 23.2 Å². The highest BCUT2D eigenvalue weighted by molar-refractivity contribution is 5.05.